The SMILES string of the molecule is CN(c1cnc(-c2cc(F)c(-c3ccn(C)c(=O)c3)cc2O)cn1)[C@@H]1C[C@H]2CCC[C@H](N2)[C@@H]1F. The van der Waals surface area contributed by atoms with E-state index in [1.54, 1.807) is 19.3 Å². The highest BCUT2D eigenvalue weighted by molar-refractivity contribution is 5.74. The summed E-state index contributed by atoms with van der Waals surface area (Å²) in [4.78, 5) is 22.5. The molecule has 0 saturated carbocycles. The third kappa shape index (κ3) is 4.04. The standard InChI is InChI=1S/C25H27F2N5O2/c1-31-7-6-14(8-24(31)34)16-11-22(33)17(10-18(16)26)20-12-29-23(13-28-20)32(2)21-9-15-4-3-5-19(30-15)25(21)27/h6-8,10-13,15,19,21,25,30,33H,3-5,9H2,1-2H3/t15-,19+,21-,25+/m1/s1. The van der Waals surface area contributed by atoms with Crippen molar-refractivity contribution in [2.45, 2.75) is 50.0 Å². The van der Waals surface area contributed by atoms with Crippen molar-refractivity contribution in [3.8, 4) is 28.1 Å². The number of phenolic OH excluding ortho intramolecular Hbond substituents is 1. The van der Waals surface area contributed by atoms with Crippen LogP contribution < -0.4 is 15.8 Å². The molecule has 2 aliphatic rings. The maximum absolute atomic E-state index is 15.1. The van der Waals surface area contributed by atoms with Crippen molar-refractivity contribution in [1.29, 1.82) is 0 Å². The van der Waals surface area contributed by atoms with Gasteiger partial charge in [0.25, 0.3) is 5.56 Å². The van der Waals surface area contributed by atoms with Gasteiger partial charge in [0.15, 0.2) is 0 Å². The highest BCUT2D eigenvalue weighted by Crippen LogP contribution is 2.35. The van der Waals surface area contributed by atoms with Crippen molar-refractivity contribution >= 4 is 5.82 Å². The molecule has 2 bridgehead atoms. The number of fused-ring (bicyclic) bond motifs is 2. The number of halogens is 2. The molecule has 178 valence electrons. The molecular formula is C25H27F2N5O2. The maximum atomic E-state index is 15.1. The van der Waals surface area contributed by atoms with Gasteiger partial charge in [-0.1, -0.05) is 6.42 Å². The Morgan fingerprint density at radius 2 is 2.00 bits per heavy atom. The van der Waals surface area contributed by atoms with Gasteiger partial charge in [0, 0.05) is 49.6 Å². The first-order valence-electron chi connectivity index (χ1n) is 11.5. The second-order valence-electron chi connectivity index (χ2n) is 9.23. The molecule has 3 aromatic rings. The Balaban J connectivity index is 1.39. The normalized spacial score (nSPS) is 24.1. The van der Waals surface area contributed by atoms with E-state index in [2.05, 4.69) is 15.3 Å². The highest BCUT2D eigenvalue weighted by Gasteiger charge is 2.41. The van der Waals surface area contributed by atoms with Crippen LogP contribution in [0.1, 0.15) is 25.7 Å². The van der Waals surface area contributed by atoms with Gasteiger partial charge in [-0.2, -0.15) is 0 Å². The Bertz CT molecular complexity index is 1260. The van der Waals surface area contributed by atoms with Crippen molar-refractivity contribution in [2.24, 2.45) is 7.05 Å². The number of aromatic nitrogens is 3. The van der Waals surface area contributed by atoms with Crippen LogP contribution in [0.15, 0.2) is 47.7 Å². The lowest BCUT2D eigenvalue weighted by Crippen LogP contribution is -2.61. The van der Waals surface area contributed by atoms with Crippen LogP contribution in [-0.2, 0) is 7.05 Å². The summed E-state index contributed by atoms with van der Waals surface area (Å²) in [7, 11) is 3.42. The quantitative estimate of drug-likeness (QED) is 0.612. The zero-order valence-corrected chi connectivity index (χ0v) is 19.1. The van der Waals surface area contributed by atoms with E-state index >= 15 is 4.39 Å². The summed E-state index contributed by atoms with van der Waals surface area (Å²) in [6.07, 6.45) is 7.16. The highest BCUT2D eigenvalue weighted by atomic mass is 19.1. The number of anilines is 1. The van der Waals surface area contributed by atoms with Gasteiger partial charge in [0.05, 0.1) is 24.1 Å². The molecule has 7 nitrogen and oxygen atoms in total. The van der Waals surface area contributed by atoms with E-state index in [0.29, 0.717) is 29.5 Å². The summed E-state index contributed by atoms with van der Waals surface area (Å²) in [6.45, 7) is 0. The molecule has 2 aromatic heterocycles. The number of aryl methyl sites for hydroxylation is 1. The third-order valence-electron chi connectivity index (χ3n) is 7.07. The predicted molar refractivity (Wildman–Crippen MR) is 126 cm³/mol. The molecule has 4 atom stereocenters. The van der Waals surface area contributed by atoms with Gasteiger partial charge in [0.1, 0.15) is 23.6 Å². The average Bonchev–Trinajstić information content (AvgIpc) is 2.84. The van der Waals surface area contributed by atoms with Crippen LogP contribution in [0.3, 0.4) is 0 Å². The Morgan fingerprint density at radius 1 is 1.18 bits per heavy atom. The Kier molecular flexibility index (Phi) is 5.81. The molecule has 2 aliphatic heterocycles. The van der Waals surface area contributed by atoms with E-state index in [1.165, 1.54) is 35.2 Å². The zero-order valence-electron chi connectivity index (χ0n) is 19.1. The van der Waals surface area contributed by atoms with E-state index in [0.717, 1.165) is 19.3 Å². The van der Waals surface area contributed by atoms with Crippen LogP contribution in [0.4, 0.5) is 14.6 Å². The molecular weight excluding hydrogens is 440 g/mol. The summed E-state index contributed by atoms with van der Waals surface area (Å²) in [6, 6.07) is 5.28. The fourth-order valence-electron chi connectivity index (χ4n) is 5.07. The molecule has 2 N–H and O–H groups in total. The smallest absolute Gasteiger partial charge is 0.250 e. The van der Waals surface area contributed by atoms with Gasteiger partial charge >= 0.3 is 0 Å². The number of phenols is 1. The van der Waals surface area contributed by atoms with Gasteiger partial charge in [-0.05, 0) is 43.0 Å². The summed E-state index contributed by atoms with van der Waals surface area (Å²) < 4.78 is 31.4. The first-order chi connectivity index (χ1) is 16.3. The Morgan fingerprint density at radius 3 is 2.74 bits per heavy atom. The lowest BCUT2D eigenvalue weighted by molar-refractivity contribution is 0.107. The van der Waals surface area contributed by atoms with Crippen LogP contribution in [0, 0.1) is 5.82 Å². The number of aromatic hydroxyl groups is 1. The number of nitrogens with zero attached hydrogens (tertiary/aromatic N) is 4. The zero-order chi connectivity index (χ0) is 24.0. The van der Waals surface area contributed by atoms with E-state index in [4.69, 9.17) is 0 Å². The van der Waals surface area contributed by atoms with Gasteiger partial charge in [0.2, 0.25) is 0 Å². The van der Waals surface area contributed by atoms with Crippen LogP contribution >= 0.6 is 0 Å². The van der Waals surface area contributed by atoms with Gasteiger partial charge in [-0.15, -0.1) is 0 Å². The van der Waals surface area contributed by atoms with Gasteiger partial charge < -0.3 is 19.9 Å². The van der Waals surface area contributed by atoms with Crippen molar-refractivity contribution in [2.75, 3.05) is 11.9 Å². The monoisotopic (exact) mass is 467 g/mol. The van der Waals surface area contributed by atoms with Crippen molar-refractivity contribution in [3.05, 3.63) is 59.0 Å². The van der Waals surface area contributed by atoms with E-state index in [1.807, 2.05) is 11.9 Å². The number of rotatable bonds is 4. The van der Waals surface area contributed by atoms with Gasteiger partial charge in [-0.3, -0.25) is 9.78 Å². The number of piperidine rings is 2. The second-order valence-corrected chi connectivity index (χ2v) is 9.23. The summed E-state index contributed by atoms with van der Waals surface area (Å²) in [5.74, 6) is -0.249. The summed E-state index contributed by atoms with van der Waals surface area (Å²) in [5.41, 5.74) is 0.695. The van der Waals surface area contributed by atoms with E-state index in [9.17, 15) is 14.3 Å². The molecule has 2 fully saturated rings. The lowest BCUT2D eigenvalue weighted by Gasteiger charge is -2.46. The van der Waals surface area contributed by atoms with Gasteiger partial charge in [-0.25, -0.2) is 13.8 Å². The molecule has 5 rings (SSSR count). The number of pyridine rings is 1. The topological polar surface area (TPSA) is 83.3 Å². The molecule has 9 heteroatoms. The molecule has 34 heavy (non-hydrogen) atoms. The first-order valence-corrected chi connectivity index (χ1v) is 11.5. The minimum absolute atomic E-state index is 0.119. The minimum Gasteiger partial charge on any atom is -0.507 e. The molecule has 0 aliphatic carbocycles. The van der Waals surface area contributed by atoms with Crippen LogP contribution in [0.2, 0.25) is 0 Å². The minimum atomic E-state index is -0.997. The van der Waals surface area contributed by atoms with E-state index < -0.39 is 12.0 Å². The largest absolute Gasteiger partial charge is 0.507 e. The number of nitrogens with one attached hydrogen (secondary N) is 1. The number of hydrogen-bond acceptors (Lipinski definition) is 6. The van der Waals surface area contributed by atoms with Crippen molar-refractivity contribution in [1.82, 2.24) is 19.9 Å². The van der Waals surface area contributed by atoms with Crippen molar-refractivity contribution in [3.63, 3.8) is 0 Å². The molecule has 4 heterocycles. The fraction of sp³-hybridized carbons (Fsp3) is 0.400. The average molecular weight is 468 g/mol. The molecule has 0 radical (unpaired) electrons. The Hall–Kier alpha value is -3.33. The van der Waals surface area contributed by atoms with E-state index in [-0.39, 0.29) is 34.5 Å². The van der Waals surface area contributed by atoms with Crippen LogP contribution in [-0.4, -0.2) is 51.0 Å². The number of hydrogen-bond donors (Lipinski definition) is 2. The molecule has 1 aromatic carbocycles. The van der Waals surface area contributed by atoms with Crippen LogP contribution in [0.5, 0.6) is 5.75 Å². The first kappa shape index (κ1) is 22.5. The summed E-state index contributed by atoms with van der Waals surface area (Å²) in [5, 5.41) is 14.0. The summed E-state index contributed by atoms with van der Waals surface area (Å²) >= 11 is 0. The Labute approximate surface area is 196 Å². The number of alkyl halides is 1. The lowest BCUT2D eigenvalue weighted by atomic mass is 9.82. The van der Waals surface area contributed by atoms with Crippen LogP contribution in [0.25, 0.3) is 22.4 Å². The maximum Gasteiger partial charge on any atom is 0.250 e. The third-order valence-corrected chi connectivity index (χ3v) is 7.07. The molecule has 0 spiro atoms. The molecule has 0 amide bonds. The van der Waals surface area contributed by atoms with Crippen molar-refractivity contribution < 1.29 is 13.9 Å². The fourth-order valence-corrected chi connectivity index (χ4v) is 5.07. The predicted octanol–water partition coefficient (Wildman–Crippen LogP) is 3.41. The second kappa shape index (κ2) is 8.79. The molecule has 2 saturated heterocycles. The number of benzene rings is 1. The molecule has 0 unspecified atom stereocenters.